The van der Waals surface area contributed by atoms with Crippen LogP contribution in [-0.4, -0.2) is 79.3 Å². The number of aliphatic hydroxyl groups is 3. The van der Waals surface area contributed by atoms with E-state index in [1.807, 2.05) is 0 Å². The Morgan fingerprint density at radius 3 is 2.46 bits per heavy atom. The number of likely N-dealkylation sites (N-methyl/N-ethyl adjacent to an activating group) is 1. The number of nitrogens with zero attached hydrogens (tertiary/aromatic N) is 2. The second-order valence-corrected chi connectivity index (χ2v) is 10.4. The number of hydrogen-bond donors (Lipinski definition) is 5. The first-order chi connectivity index (χ1) is 18.4. The van der Waals surface area contributed by atoms with E-state index in [4.69, 9.17) is 5.73 Å². The van der Waals surface area contributed by atoms with Crippen LogP contribution in [0.3, 0.4) is 0 Å². The molecule has 11 nitrogen and oxygen atoms in total. The number of Topliss-reactive ketones (excluding diaryl/α,β-unsaturated/α-hetero) is 3. The van der Waals surface area contributed by atoms with Crippen LogP contribution in [-0.2, 0) is 22.4 Å². The van der Waals surface area contributed by atoms with Gasteiger partial charge in [-0.05, 0) is 62.7 Å². The van der Waals surface area contributed by atoms with Crippen LogP contribution in [0.5, 0.6) is 5.75 Å². The molecular weight excluding hydrogens is 506 g/mol. The minimum absolute atomic E-state index is 0.0340. The number of primary amides is 1. The number of hydrogen-bond acceptors (Lipinski definition) is 10. The number of aromatic hydroxyl groups is 1. The molecule has 4 atom stereocenters. The van der Waals surface area contributed by atoms with E-state index in [1.165, 1.54) is 17.0 Å². The molecule has 0 saturated carbocycles. The van der Waals surface area contributed by atoms with Crippen molar-refractivity contribution >= 4 is 23.3 Å². The molecule has 5 rings (SSSR count). The van der Waals surface area contributed by atoms with Gasteiger partial charge in [0.05, 0.1) is 18.0 Å². The molecule has 3 aliphatic rings. The van der Waals surface area contributed by atoms with Gasteiger partial charge in [-0.2, -0.15) is 0 Å². The van der Waals surface area contributed by atoms with Gasteiger partial charge in [-0.15, -0.1) is 0 Å². The van der Waals surface area contributed by atoms with Crippen molar-refractivity contribution in [3.63, 3.8) is 0 Å². The van der Waals surface area contributed by atoms with Gasteiger partial charge in [-0.3, -0.25) is 29.1 Å². The van der Waals surface area contributed by atoms with Gasteiger partial charge in [0.15, 0.2) is 17.2 Å². The summed E-state index contributed by atoms with van der Waals surface area (Å²) in [5.41, 5.74) is 2.29. The standard InChI is InChI=1S/C28H27N3O8/c1-31(2)22-16-10-12-9-15-14(18(33)11-13-5-3-4-8-30-13)6-7-17(32)20(15)23(34)19(12)25(36)28(16,39)26(37)21(24(22)35)27(29)38/h3-8,12,16,22,32,35-36,39H,9-11H2,1-2H3,(H2,29,38). The molecule has 0 bridgehead atoms. The zero-order valence-electron chi connectivity index (χ0n) is 21.2. The quantitative estimate of drug-likeness (QED) is 0.273. The number of benzene rings is 1. The molecule has 4 unspecified atom stereocenters. The van der Waals surface area contributed by atoms with E-state index in [-0.39, 0.29) is 47.3 Å². The molecule has 6 N–H and O–H groups in total. The fourth-order valence-electron chi connectivity index (χ4n) is 6.27. The number of carbonyl (C=O) groups excluding carboxylic acids is 4. The van der Waals surface area contributed by atoms with E-state index in [2.05, 4.69) is 4.98 Å². The Morgan fingerprint density at radius 2 is 1.85 bits per heavy atom. The smallest absolute Gasteiger partial charge is 0.255 e. The lowest BCUT2D eigenvalue weighted by Gasteiger charge is -2.50. The normalized spacial score (nSPS) is 26.3. The molecule has 11 heteroatoms. The molecule has 0 aliphatic heterocycles. The number of amides is 1. The van der Waals surface area contributed by atoms with Crippen LogP contribution in [0, 0.1) is 11.8 Å². The number of pyridine rings is 1. The predicted octanol–water partition coefficient (Wildman–Crippen LogP) is 0.941. The molecule has 39 heavy (non-hydrogen) atoms. The van der Waals surface area contributed by atoms with Crippen molar-refractivity contribution in [2.24, 2.45) is 17.6 Å². The summed E-state index contributed by atoms with van der Waals surface area (Å²) in [5.74, 6) is -7.69. The summed E-state index contributed by atoms with van der Waals surface area (Å²) >= 11 is 0. The highest BCUT2D eigenvalue weighted by molar-refractivity contribution is 6.25. The number of carbonyl (C=O) groups is 4. The minimum atomic E-state index is -2.72. The Morgan fingerprint density at radius 1 is 1.13 bits per heavy atom. The molecule has 3 aliphatic carbocycles. The van der Waals surface area contributed by atoms with Crippen molar-refractivity contribution in [1.82, 2.24) is 9.88 Å². The average Bonchev–Trinajstić information content (AvgIpc) is 2.86. The Balaban J connectivity index is 1.65. The van der Waals surface area contributed by atoms with Crippen molar-refractivity contribution < 1.29 is 39.6 Å². The van der Waals surface area contributed by atoms with Gasteiger partial charge in [-0.25, -0.2) is 0 Å². The maximum Gasteiger partial charge on any atom is 0.255 e. The fraction of sp³-hybridized carbons (Fsp3) is 0.321. The maximum absolute atomic E-state index is 13.7. The monoisotopic (exact) mass is 533 g/mol. The maximum atomic E-state index is 13.7. The second kappa shape index (κ2) is 9.14. The van der Waals surface area contributed by atoms with Gasteiger partial charge < -0.3 is 26.2 Å². The number of nitrogens with two attached hydrogens (primary N) is 1. The van der Waals surface area contributed by atoms with Crippen molar-refractivity contribution in [3.8, 4) is 5.75 Å². The zero-order valence-corrected chi connectivity index (χ0v) is 21.2. The van der Waals surface area contributed by atoms with Crippen LogP contribution in [0.15, 0.2) is 59.2 Å². The number of fused-ring (bicyclic) bond motifs is 3. The van der Waals surface area contributed by atoms with Crippen LogP contribution in [0.1, 0.15) is 38.4 Å². The summed E-state index contributed by atoms with van der Waals surface area (Å²) in [7, 11) is 3.11. The SMILES string of the molecule is CN(C)C1C(O)=C(C(N)=O)C(=O)C2(O)C(O)=C3C(=O)c4c(O)ccc(C(=O)Cc5ccccn5)c4CC3CC12. The molecule has 1 heterocycles. The number of allylic oxidation sites excluding steroid dienone is 1. The number of phenols is 1. The summed E-state index contributed by atoms with van der Waals surface area (Å²) in [6.07, 6.45) is 1.49. The third-order valence-electron chi connectivity index (χ3n) is 7.97. The predicted molar refractivity (Wildman–Crippen MR) is 136 cm³/mol. The highest BCUT2D eigenvalue weighted by atomic mass is 16.3. The highest BCUT2D eigenvalue weighted by Gasteiger charge is 2.63. The van der Waals surface area contributed by atoms with E-state index < -0.39 is 63.8 Å². The molecule has 0 spiro atoms. The van der Waals surface area contributed by atoms with Gasteiger partial charge >= 0.3 is 0 Å². The largest absolute Gasteiger partial charge is 0.510 e. The van der Waals surface area contributed by atoms with Gasteiger partial charge in [0.2, 0.25) is 5.78 Å². The molecule has 0 radical (unpaired) electrons. The third-order valence-corrected chi connectivity index (χ3v) is 7.97. The molecular formula is C28H27N3O8. The van der Waals surface area contributed by atoms with Crippen LogP contribution in [0.25, 0.3) is 0 Å². The Bertz CT molecular complexity index is 1510. The molecule has 202 valence electrons. The zero-order chi connectivity index (χ0) is 28.4. The topological polar surface area (TPSA) is 191 Å². The van der Waals surface area contributed by atoms with Gasteiger partial charge in [0, 0.05) is 28.9 Å². The average molecular weight is 534 g/mol. The number of aromatic nitrogens is 1. The van der Waals surface area contributed by atoms with Crippen molar-refractivity contribution in [3.05, 3.63) is 81.6 Å². The second-order valence-electron chi connectivity index (χ2n) is 10.4. The first kappa shape index (κ1) is 26.3. The van der Waals surface area contributed by atoms with E-state index in [0.29, 0.717) is 5.69 Å². The van der Waals surface area contributed by atoms with E-state index in [1.54, 1.807) is 38.5 Å². The van der Waals surface area contributed by atoms with Gasteiger partial charge in [0.25, 0.3) is 5.91 Å². The molecule has 0 saturated heterocycles. The Kier molecular flexibility index (Phi) is 6.15. The van der Waals surface area contributed by atoms with Crippen molar-refractivity contribution in [1.29, 1.82) is 0 Å². The minimum Gasteiger partial charge on any atom is -0.510 e. The van der Waals surface area contributed by atoms with Gasteiger partial charge in [0.1, 0.15) is 22.8 Å². The molecule has 0 fully saturated rings. The first-order valence-electron chi connectivity index (χ1n) is 12.3. The summed E-state index contributed by atoms with van der Waals surface area (Å²) in [6, 6.07) is 6.70. The first-order valence-corrected chi connectivity index (χ1v) is 12.3. The Labute approximate surface area is 222 Å². The van der Waals surface area contributed by atoms with E-state index in [9.17, 15) is 39.6 Å². The van der Waals surface area contributed by atoms with Gasteiger partial charge in [-0.1, -0.05) is 6.07 Å². The lowest BCUT2D eigenvalue weighted by molar-refractivity contribution is -0.148. The molecule has 2 aromatic rings. The van der Waals surface area contributed by atoms with Crippen LogP contribution < -0.4 is 5.73 Å². The lowest BCUT2D eigenvalue weighted by atomic mass is 9.58. The number of phenolic OH excluding ortho intramolecular Hbond substituents is 1. The molecule has 1 aromatic carbocycles. The van der Waals surface area contributed by atoms with Crippen molar-refractivity contribution in [2.75, 3.05) is 14.1 Å². The van der Waals surface area contributed by atoms with Crippen LogP contribution in [0.2, 0.25) is 0 Å². The van der Waals surface area contributed by atoms with E-state index >= 15 is 0 Å². The lowest BCUT2D eigenvalue weighted by Crippen LogP contribution is -2.63. The highest BCUT2D eigenvalue weighted by Crippen LogP contribution is 2.52. The summed E-state index contributed by atoms with van der Waals surface area (Å²) in [6.45, 7) is 0. The van der Waals surface area contributed by atoms with E-state index in [0.717, 1.165) is 0 Å². The summed E-state index contributed by atoms with van der Waals surface area (Å²) in [5, 5.41) is 44.4. The van der Waals surface area contributed by atoms with Crippen LogP contribution >= 0.6 is 0 Å². The summed E-state index contributed by atoms with van der Waals surface area (Å²) < 4.78 is 0. The Hall–Kier alpha value is -4.35. The fourth-order valence-corrected chi connectivity index (χ4v) is 6.27. The number of aliphatic hydroxyl groups excluding tert-OH is 2. The van der Waals surface area contributed by atoms with Crippen LogP contribution in [0.4, 0.5) is 0 Å². The number of ketones is 3. The summed E-state index contributed by atoms with van der Waals surface area (Å²) in [4.78, 5) is 58.1. The van der Waals surface area contributed by atoms with Crippen molar-refractivity contribution in [2.45, 2.75) is 30.9 Å². The molecule has 1 amide bonds. The molecule has 1 aromatic heterocycles. The third kappa shape index (κ3) is 3.76. The number of rotatable bonds is 5.